The van der Waals surface area contributed by atoms with E-state index in [2.05, 4.69) is 17.5 Å². The van der Waals surface area contributed by atoms with Crippen molar-refractivity contribution < 1.29 is 4.79 Å². The molecule has 0 fully saturated rings. The van der Waals surface area contributed by atoms with E-state index in [4.69, 9.17) is 0 Å². The van der Waals surface area contributed by atoms with Crippen LogP contribution in [0.15, 0.2) is 35.7 Å². The highest BCUT2D eigenvalue weighted by atomic mass is 32.1. The second-order valence-electron chi connectivity index (χ2n) is 2.68. The van der Waals surface area contributed by atoms with Crippen LogP contribution in [0.3, 0.4) is 0 Å². The Labute approximate surface area is 80.3 Å². The molecule has 2 aromatic rings. The lowest BCUT2D eigenvalue weighted by Crippen LogP contribution is -1.71. The number of fused-ring (bicyclic) bond motifs is 1. The molecule has 0 spiro atoms. The number of aldehydes is 1. The number of hydrogen-bond donors (Lipinski definition) is 0. The van der Waals surface area contributed by atoms with Gasteiger partial charge in [0.2, 0.25) is 0 Å². The molecule has 1 heterocycles. The van der Waals surface area contributed by atoms with Gasteiger partial charge < -0.3 is 0 Å². The average molecular weight is 188 g/mol. The first-order valence-corrected chi connectivity index (χ1v) is 4.88. The van der Waals surface area contributed by atoms with Crippen molar-refractivity contribution in [2.24, 2.45) is 0 Å². The number of carbonyl (C=O) groups excluding carboxylic acids is 1. The van der Waals surface area contributed by atoms with Gasteiger partial charge in [0.25, 0.3) is 0 Å². The van der Waals surface area contributed by atoms with Crippen LogP contribution in [0.2, 0.25) is 0 Å². The van der Waals surface area contributed by atoms with Gasteiger partial charge in [-0.1, -0.05) is 24.3 Å². The number of benzene rings is 1. The normalized spacial score (nSPS) is 11.1. The zero-order valence-electron chi connectivity index (χ0n) is 6.94. The Bertz CT molecular complexity index is 454. The second-order valence-corrected chi connectivity index (χ2v) is 3.60. The Morgan fingerprint density at radius 2 is 2.15 bits per heavy atom. The standard InChI is InChI=1S/C11H8OS/c12-7-2-5-9-3-1-4-10-6-8-13-11(9)10/h1-8H/b5-2+. The molecule has 0 atom stereocenters. The summed E-state index contributed by atoms with van der Waals surface area (Å²) in [5, 5.41) is 3.29. The molecule has 0 saturated carbocycles. The van der Waals surface area contributed by atoms with Crippen molar-refractivity contribution >= 4 is 33.8 Å². The molecule has 0 radical (unpaired) electrons. The molecule has 0 aliphatic rings. The Morgan fingerprint density at radius 3 is 3.00 bits per heavy atom. The van der Waals surface area contributed by atoms with Gasteiger partial charge in [0.15, 0.2) is 0 Å². The number of carbonyl (C=O) groups is 1. The Kier molecular flexibility index (Phi) is 2.23. The summed E-state index contributed by atoms with van der Waals surface area (Å²) in [5.74, 6) is 0. The fourth-order valence-electron chi connectivity index (χ4n) is 1.29. The third-order valence-electron chi connectivity index (χ3n) is 1.86. The molecule has 0 aliphatic carbocycles. The molecule has 1 nitrogen and oxygen atoms in total. The highest BCUT2D eigenvalue weighted by Crippen LogP contribution is 2.25. The van der Waals surface area contributed by atoms with Crippen LogP contribution in [0.4, 0.5) is 0 Å². The molecule has 1 aromatic heterocycles. The van der Waals surface area contributed by atoms with E-state index < -0.39 is 0 Å². The average Bonchev–Trinajstić information content (AvgIpc) is 2.62. The largest absolute Gasteiger partial charge is 0.299 e. The van der Waals surface area contributed by atoms with E-state index >= 15 is 0 Å². The monoisotopic (exact) mass is 188 g/mol. The summed E-state index contributed by atoms with van der Waals surface area (Å²) < 4.78 is 1.24. The molecular formula is C11H8OS. The fraction of sp³-hybridized carbons (Fsp3) is 0. The van der Waals surface area contributed by atoms with E-state index in [0.717, 1.165) is 11.8 Å². The van der Waals surface area contributed by atoms with E-state index in [-0.39, 0.29) is 0 Å². The maximum absolute atomic E-state index is 10.2. The molecule has 2 rings (SSSR count). The quantitative estimate of drug-likeness (QED) is 0.522. The highest BCUT2D eigenvalue weighted by Gasteiger charge is 1.97. The van der Waals surface area contributed by atoms with Crippen molar-refractivity contribution in [2.75, 3.05) is 0 Å². The van der Waals surface area contributed by atoms with E-state index in [1.807, 2.05) is 18.2 Å². The smallest absolute Gasteiger partial charge is 0.142 e. The van der Waals surface area contributed by atoms with Gasteiger partial charge in [0.1, 0.15) is 6.29 Å². The minimum atomic E-state index is 0.798. The number of hydrogen-bond acceptors (Lipinski definition) is 2. The number of rotatable bonds is 2. The molecule has 0 amide bonds. The summed E-state index contributed by atoms with van der Waals surface area (Å²) >= 11 is 1.70. The highest BCUT2D eigenvalue weighted by molar-refractivity contribution is 7.17. The summed E-state index contributed by atoms with van der Waals surface area (Å²) in [4.78, 5) is 10.2. The van der Waals surface area contributed by atoms with Crippen LogP contribution in [-0.4, -0.2) is 6.29 Å². The van der Waals surface area contributed by atoms with Gasteiger partial charge in [-0.2, -0.15) is 0 Å². The number of allylic oxidation sites excluding steroid dienone is 1. The lowest BCUT2D eigenvalue weighted by molar-refractivity contribution is -0.104. The first-order valence-electron chi connectivity index (χ1n) is 4.00. The van der Waals surface area contributed by atoms with Crippen LogP contribution in [0.1, 0.15) is 5.56 Å². The number of thiophene rings is 1. The van der Waals surface area contributed by atoms with Gasteiger partial charge >= 0.3 is 0 Å². The molecule has 2 heteroatoms. The van der Waals surface area contributed by atoms with E-state index in [0.29, 0.717) is 0 Å². The van der Waals surface area contributed by atoms with Crippen molar-refractivity contribution in [1.82, 2.24) is 0 Å². The molecule has 0 unspecified atom stereocenters. The fourth-order valence-corrected chi connectivity index (χ4v) is 2.19. The predicted octanol–water partition coefficient (Wildman–Crippen LogP) is 3.11. The maximum Gasteiger partial charge on any atom is 0.142 e. The minimum absolute atomic E-state index is 0.798. The molecule has 0 aliphatic heterocycles. The third-order valence-corrected chi connectivity index (χ3v) is 2.84. The topological polar surface area (TPSA) is 17.1 Å². The minimum Gasteiger partial charge on any atom is -0.299 e. The predicted molar refractivity (Wildman–Crippen MR) is 56.9 cm³/mol. The molecule has 0 saturated heterocycles. The van der Waals surface area contributed by atoms with Crippen LogP contribution >= 0.6 is 11.3 Å². The first-order chi connectivity index (χ1) is 6.42. The summed E-state index contributed by atoms with van der Waals surface area (Å²) in [6.07, 6.45) is 4.16. The molecule has 0 bridgehead atoms. The maximum atomic E-state index is 10.2. The van der Waals surface area contributed by atoms with E-state index in [1.165, 1.54) is 16.2 Å². The van der Waals surface area contributed by atoms with Gasteiger partial charge in [0, 0.05) is 4.70 Å². The molecule has 1 aromatic carbocycles. The zero-order valence-corrected chi connectivity index (χ0v) is 7.75. The van der Waals surface area contributed by atoms with Gasteiger partial charge in [0.05, 0.1) is 0 Å². The lowest BCUT2D eigenvalue weighted by Gasteiger charge is -1.94. The zero-order chi connectivity index (χ0) is 9.10. The first kappa shape index (κ1) is 8.20. The SMILES string of the molecule is O=C/C=C/c1cccc2ccsc12. The molecule has 0 N–H and O–H groups in total. The lowest BCUT2D eigenvalue weighted by atomic mass is 10.1. The van der Waals surface area contributed by atoms with Crippen LogP contribution in [0.25, 0.3) is 16.2 Å². The Morgan fingerprint density at radius 1 is 1.23 bits per heavy atom. The van der Waals surface area contributed by atoms with Crippen LogP contribution in [0, 0.1) is 0 Å². The Balaban J connectivity index is 2.60. The Hall–Kier alpha value is -1.41. The van der Waals surface area contributed by atoms with E-state index in [9.17, 15) is 4.79 Å². The summed E-state index contributed by atoms with van der Waals surface area (Å²) in [5.41, 5.74) is 1.11. The summed E-state index contributed by atoms with van der Waals surface area (Å²) in [6, 6.07) is 8.17. The van der Waals surface area contributed by atoms with Crippen molar-refractivity contribution in [1.29, 1.82) is 0 Å². The van der Waals surface area contributed by atoms with Gasteiger partial charge in [-0.15, -0.1) is 11.3 Å². The van der Waals surface area contributed by atoms with E-state index in [1.54, 1.807) is 11.3 Å². The van der Waals surface area contributed by atoms with Gasteiger partial charge in [-0.25, -0.2) is 0 Å². The summed E-state index contributed by atoms with van der Waals surface area (Å²) in [7, 11) is 0. The van der Waals surface area contributed by atoms with Crippen molar-refractivity contribution in [3.05, 3.63) is 41.3 Å². The molecule has 13 heavy (non-hydrogen) atoms. The van der Waals surface area contributed by atoms with Gasteiger partial charge in [-0.05, 0) is 28.5 Å². The second kappa shape index (κ2) is 3.54. The van der Waals surface area contributed by atoms with Gasteiger partial charge in [-0.3, -0.25) is 4.79 Å². The summed E-state index contributed by atoms with van der Waals surface area (Å²) in [6.45, 7) is 0. The molecule has 64 valence electrons. The third kappa shape index (κ3) is 1.53. The van der Waals surface area contributed by atoms with Crippen LogP contribution in [0.5, 0.6) is 0 Å². The molecular weight excluding hydrogens is 180 g/mol. The van der Waals surface area contributed by atoms with Crippen molar-refractivity contribution in [3.63, 3.8) is 0 Å². The van der Waals surface area contributed by atoms with Crippen LogP contribution < -0.4 is 0 Å². The van der Waals surface area contributed by atoms with Crippen LogP contribution in [-0.2, 0) is 4.79 Å². The van der Waals surface area contributed by atoms with Crippen molar-refractivity contribution in [2.45, 2.75) is 0 Å². The van der Waals surface area contributed by atoms with Crippen molar-refractivity contribution in [3.8, 4) is 0 Å².